The lowest BCUT2D eigenvalue weighted by Gasteiger charge is -2.03. The molecule has 1 aromatic carbocycles. The summed E-state index contributed by atoms with van der Waals surface area (Å²) in [4.78, 5) is 7.56. The highest BCUT2D eigenvalue weighted by Gasteiger charge is 2.12. The van der Waals surface area contributed by atoms with Crippen LogP contribution in [-0.4, -0.2) is 21.6 Å². The van der Waals surface area contributed by atoms with E-state index in [9.17, 15) is 5.11 Å². The Hall–Kier alpha value is -1.39. The van der Waals surface area contributed by atoms with Crippen LogP contribution in [0.25, 0.3) is 11.0 Å². The van der Waals surface area contributed by atoms with Gasteiger partial charge in [0.15, 0.2) is 0 Å². The number of aliphatic hydroxyl groups is 1. The zero-order valence-electron chi connectivity index (χ0n) is 9.62. The fourth-order valence-corrected chi connectivity index (χ4v) is 1.94. The lowest BCUT2D eigenvalue weighted by molar-refractivity contribution is 0.162. The molecule has 0 radical (unpaired) electrons. The van der Waals surface area contributed by atoms with E-state index in [1.165, 1.54) is 5.56 Å². The van der Waals surface area contributed by atoms with Gasteiger partial charge in [0.05, 0.1) is 11.0 Å². The van der Waals surface area contributed by atoms with Gasteiger partial charge in [-0.15, -0.1) is 0 Å². The second-order valence-electron chi connectivity index (χ2n) is 4.19. The Morgan fingerprint density at radius 3 is 2.88 bits per heavy atom. The van der Waals surface area contributed by atoms with Crippen molar-refractivity contribution in [1.82, 2.24) is 9.97 Å². The molecule has 16 heavy (non-hydrogen) atoms. The maximum Gasteiger partial charge on any atom is 0.136 e. The first kappa shape index (κ1) is 11.1. The number of imidazole rings is 1. The third kappa shape index (κ3) is 1.94. The zero-order valence-corrected chi connectivity index (χ0v) is 9.62. The van der Waals surface area contributed by atoms with Crippen LogP contribution in [0.4, 0.5) is 0 Å². The Balaban J connectivity index is 2.47. The Labute approximate surface area is 94.5 Å². The van der Waals surface area contributed by atoms with Gasteiger partial charge in [-0.05, 0) is 44.0 Å². The molecule has 1 unspecified atom stereocenters. The second kappa shape index (κ2) is 4.23. The van der Waals surface area contributed by atoms with E-state index in [-0.39, 0.29) is 0 Å². The van der Waals surface area contributed by atoms with E-state index in [4.69, 9.17) is 5.73 Å². The first-order valence-electron chi connectivity index (χ1n) is 5.47. The van der Waals surface area contributed by atoms with Crippen molar-refractivity contribution in [3.05, 3.63) is 29.1 Å². The molecule has 0 bridgehead atoms. The molecule has 1 heterocycles. The Bertz CT molecular complexity index is 504. The van der Waals surface area contributed by atoms with Gasteiger partial charge in [-0.2, -0.15) is 0 Å². The quantitative estimate of drug-likeness (QED) is 0.733. The highest BCUT2D eigenvalue weighted by molar-refractivity contribution is 5.79. The van der Waals surface area contributed by atoms with Crippen molar-refractivity contribution in [2.75, 3.05) is 6.54 Å². The molecule has 0 aliphatic heterocycles. The number of nitrogens with one attached hydrogen (secondary N) is 1. The summed E-state index contributed by atoms with van der Waals surface area (Å²) in [5.41, 5.74) is 9.63. The van der Waals surface area contributed by atoms with Crippen molar-refractivity contribution >= 4 is 11.0 Å². The molecule has 0 aliphatic rings. The van der Waals surface area contributed by atoms with Crippen LogP contribution in [0.1, 0.15) is 29.5 Å². The van der Waals surface area contributed by atoms with Crippen LogP contribution in [0.2, 0.25) is 0 Å². The van der Waals surface area contributed by atoms with E-state index in [0.29, 0.717) is 18.8 Å². The fraction of sp³-hybridized carbons (Fsp3) is 0.417. The summed E-state index contributed by atoms with van der Waals surface area (Å²) in [6.45, 7) is 4.52. The van der Waals surface area contributed by atoms with E-state index >= 15 is 0 Å². The largest absolute Gasteiger partial charge is 0.385 e. The van der Waals surface area contributed by atoms with Crippen LogP contribution < -0.4 is 5.73 Å². The normalized spacial score (nSPS) is 13.2. The number of aromatic nitrogens is 2. The van der Waals surface area contributed by atoms with Gasteiger partial charge >= 0.3 is 0 Å². The molecule has 4 N–H and O–H groups in total. The van der Waals surface area contributed by atoms with Crippen molar-refractivity contribution < 1.29 is 5.11 Å². The van der Waals surface area contributed by atoms with E-state index in [1.807, 2.05) is 19.9 Å². The summed E-state index contributed by atoms with van der Waals surface area (Å²) in [7, 11) is 0. The molecule has 4 heteroatoms. The minimum Gasteiger partial charge on any atom is -0.385 e. The third-order valence-corrected chi connectivity index (χ3v) is 2.70. The molecule has 2 aromatic rings. The highest BCUT2D eigenvalue weighted by atomic mass is 16.3. The van der Waals surface area contributed by atoms with Gasteiger partial charge in [-0.1, -0.05) is 6.07 Å². The number of hydrogen-bond acceptors (Lipinski definition) is 3. The molecular weight excluding hydrogens is 202 g/mol. The van der Waals surface area contributed by atoms with Crippen LogP contribution in [0.15, 0.2) is 12.1 Å². The van der Waals surface area contributed by atoms with Crippen molar-refractivity contribution in [3.63, 3.8) is 0 Å². The molecule has 0 amide bonds. The predicted octanol–water partition coefficient (Wildman–Crippen LogP) is 1.56. The number of benzene rings is 1. The molecule has 0 spiro atoms. The molecule has 0 saturated carbocycles. The number of H-pyrrole nitrogens is 1. The Kier molecular flexibility index (Phi) is 2.94. The number of aromatic amines is 1. The summed E-state index contributed by atoms with van der Waals surface area (Å²) < 4.78 is 0. The van der Waals surface area contributed by atoms with Crippen molar-refractivity contribution in [3.8, 4) is 0 Å². The smallest absolute Gasteiger partial charge is 0.136 e. The average molecular weight is 219 g/mol. The Morgan fingerprint density at radius 1 is 1.44 bits per heavy atom. The molecule has 0 saturated heterocycles. The lowest BCUT2D eigenvalue weighted by atomic mass is 10.1. The maximum atomic E-state index is 9.81. The zero-order chi connectivity index (χ0) is 11.7. The number of aliphatic hydroxyl groups excluding tert-OH is 1. The number of rotatable bonds is 3. The molecule has 1 atom stereocenters. The molecule has 0 fully saturated rings. The van der Waals surface area contributed by atoms with Gasteiger partial charge in [0.1, 0.15) is 11.9 Å². The number of nitrogens with two attached hydrogens (primary N) is 1. The molecular formula is C12H17N3O. The van der Waals surface area contributed by atoms with Crippen LogP contribution in [0.3, 0.4) is 0 Å². The minimum atomic E-state index is -0.600. The van der Waals surface area contributed by atoms with Crippen molar-refractivity contribution in [2.45, 2.75) is 26.4 Å². The van der Waals surface area contributed by atoms with E-state index in [2.05, 4.69) is 16.0 Å². The maximum absolute atomic E-state index is 9.81. The first-order valence-corrected chi connectivity index (χ1v) is 5.47. The van der Waals surface area contributed by atoms with Gasteiger partial charge in [0.25, 0.3) is 0 Å². The van der Waals surface area contributed by atoms with Gasteiger partial charge in [0, 0.05) is 0 Å². The van der Waals surface area contributed by atoms with Crippen LogP contribution in [0.5, 0.6) is 0 Å². The lowest BCUT2D eigenvalue weighted by Crippen LogP contribution is -2.07. The average Bonchev–Trinajstić information content (AvgIpc) is 2.62. The fourth-order valence-electron chi connectivity index (χ4n) is 1.94. The van der Waals surface area contributed by atoms with Gasteiger partial charge < -0.3 is 15.8 Å². The highest BCUT2D eigenvalue weighted by Crippen LogP contribution is 2.21. The van der Waals surface area contributed by atoms with E-state index in [1.54, 1.807) is 0 Å². The minimum absolute atomic E-state index is 0.455. The molecule has 0 aliphatic carbocycles. The number of hydrogen-bond donors (Lipinski definition) is 3. The van der Waals surface area contributed by atoms with Crippen LogP contribution in [0, 0.1) is 13.8 Å². The summed E-state index contributed by atoms with van der Waals surface area (Å²) >= 11 is 0. The van der Waals surface area contributed by atoms with E-state index in [0.717, 1.165) is 16.6 Å². The first-order chi connectivity index (χ1) is 7.61. The molecule has 2 rings (SSSR count). The summed E-state index contributed by atoms with van der Waals surface area (Å²) in [6, 6.07) is 4.12. The topological polar surface area (TPSA) is 74.9 Å². The molecule has 4 nitrogen and oxygen atoms in total. The number of nitrogens with zero attached hydrogens (tertiary/aromatic N) is 1. The van der Waals surface area contributed by atoms with Crippen molar-refractivity contribution in [1.29, 1.82) is 0 Å². The second-order valence-corrected chi connectivity index (χ2v) is 4.19. The van der Waals surface area contributed by atoms with E-state index < -0.39 is 6.10 Å². The SMILES string of the molecule is Cc1cc(C)c2nc(C(O)CCN)[nH]c2c1. The summed E-state index contributed by atoms with van der Waals surface area (Å²) in [5, 5.41) is 9.81. The third-order valence-electron chi connectivity index (χ3n) is 2.70. The number of fused-ring (bicyclic) bond motifs is 1. The predicted molar refractivity (Wildman–Crippen MR) is 64.2 cm³/mol. The van der Waals surface area contributed by atoms with Gasteiger partial charge in [0.2, 0.25) is 0 Å². The Morgan fingerprint density at radius 2 is 2.19 bits per heavy atom. The molecule has 86 valence electrons. The monoisotopic (exact) mass is 219 g/mol. The van der Waals surface area contributed by atoms with Crippen molar-refractivity contribution in [2.24, 2.45) is 5.73 Å². The standard InChI is InChI=1S/C12H17N3O/c1-7-5-8(2)11-9(6-7)14-12(15-11)10(16)3-4-13/h5-6,10,16H,3-4,13H2,1-2H3,(H,14,15). The van der Waals surface area contributed by atoms with Crippen LogP contribution in [-0.2, 0) is 0 Å². The molecule has 1 aromatic heterocycles. The summed E-state index contributed by atoms with van der Waals surface area (Å²) in [5.74, 6) is 0.606. The van der Waals surface area contributed by atoms with Gasteiger partial charge in [-0.25, -0.2) is 4.98 Å². The summed E-state index contributed by atoms with van der Waals surface area (Å²) in [6.07, 6.45) is -0.0743. The van der Waals surface area contributed by atoms with Gasteiger partial charge in [-0.3, -0.25) is 0 Å². The number of aryl methyl sites for hydroxylation is 2. The van der Waals surface area contributed by atoms with Crippen LogP contribution >= 0.6 is 0 Å².